The first-order valence-corrected chi connectivity index (χ1v) is 12.3. The summed E-state index contributed by atoms with van der Waals surface area (Å²) in [5.41, 5.74) is -1.16. The zero-order valence-electron chi connectivity index (χ0n) is 18.2. The predicted molar refractivity (Wildman–Crippen MR) is 114 cm³/mol. The second-order valence-corrected chi connectivity index (χ2v) is 11.0. The van der Waals surface area contributed by atoms with Gasteiger partial charge in [0.2, 0.25) is 5.91 Å². The first kappa shape index (κ1) is 22.3. The van der Waals surface area contributed by atoms with Crippen LogP contribution in [0.2, 0.25) is 0 Å². The van der Waals surface area contributed by atoms with E-state index in [1.807, 2.05) is 18.7 Å². The summed E-state index contributed by atoms with van der Waals surface area (Å²) in [6.07, 6.45) is 6.04. The highest BCUT2D eigenvalue weighted by Gasteiger charge is 2.53. The number of rotatable bonds is 3. The SMILES string of the molecule is CC1CN(C(=O)C2CCC(C3CCC(Cl)CC3F)CC2)CC(C)N1C(=O)C1(O)CC1. The number of nitrogens with zero attached hydrogens (tertiary/aromatic N) is 2. The van der Waals surface area contributed by atoms with Crippen molar-refractivity contribution in [3.63, 3.8) is 0 Å². The van der Waals surface area contributed by atoms with Gasteiger partial charge in [-0.2, -0.15) is 0 Å². The van der Waals surface area contributed by atoms with Gasteiger partial charge in [-0.3, -0.25) is 9.59 Å². The number of hydrogen-bond acceptors (Lipinski definition) is 3. The van der Waals surface area contributed by atoms with E-state index in [1.54, 1.807) is 4.90 Å². The smallest absolute Gasteiger partial charge is 0.255 e. The number of hydrogen-bond donors (Lipinski definition) is 1. The molecule has 1 saturated heterocycles. The molecule has 4 aliphatic rings. The Hall–Kier alpha value is -0.880. The fourth-order valence-corrected chi connectivity index (χ4v) is 6.45. The molecule has 0 aromatic heterocycles. The van der Waals surface area contributed by atoms with E-state index < -0.39 is 11.8 Å². The van der Waals surface area contributed by atoms with Gasteiger partial charge >= 0.3 is 0 Å². The van der Waals surface area contributed by atoms with Crippen molar-refractivity contribution in [2.24, 2.45) is 17.8 Å². The Morgan fingerprint density at radius 2 is 1.60 bits per heavy atom. The summed E-state index contributed by atoms with van der Waals surface area (Å²) in [6, 6.07) is -0.187. The molecule has 1 N–H and O–H groups in total. The van der Waals surface area contributed by atoms with Gasteiger partial charge < -0.3 is 14.9 Å². The summed E-state index contributed by atoms with van der Waals surface area (Å²) in [7, 11) is 0. The fraction of sp³-hybridized carbons (Fsp3) is 0.913. The van der Waals surface area contributed by atoms with E-state index in [4.69, 9.17) is 11.6 Å². The third kappa shape index (κ3) is 4.36. The van der Waals surface area contributed by atoms with E-state index in [-0.39, 0.29) is 41.1 Å². The Bertz CT molecular complexity index is 653. The lowest BCUT2D eigenvalue weighted by atomic mass is 9.70. The van der Waals surface area contributed by atoms with Crippen molar-refractivity contribution in [2.45, 2.75) is 101 Å². The zero-order chi connectivity index (χ0) is 21.6. The molecular formula is C23H36ClFN2O3. The summed E-state index contributed by atoms with van der Waals surface area (Å²) in [5, 5.41) is 10.2. The molecule has 30 heavy (non-hydrogen) atoms. The minimum absolute atomic E-state index is 0.0120. The van der Waals surface area contributed by atoms with Gasteiger partial charge in [0.15, 0.2) is 0 Å². The van der Waals surface area contributed by atoms with Crippen molar-refractivity contribution in [2.75, 3.05) is 13.1 Å². The number of alkyl halides is 2. The normalized spacial score (nSPS) is 41.4. The fourth-order valence-electron chi connectivity index (χ4n) is 6.15. The summed E-state index contributed by atoms with van der Waals surface area (Å²) >= 11 is 6.12. The average Bonchev–Trinajstić information content (AvgIpc) is 3.46. The average molecular weight is 443 g/mol. The number of carbonyl (C=O) groups excluding carboxylic acids is 2. The van der Waals surface area contributed by atoms with E-state index >= 15 is 0 Å². The van der Waals surface area contributed by atoms with Crippen LogP contribution in [0.3, 0.4) is 0 Å². The van der Waals surface area contributed by atoms with E-state index in [2.05, 4.69) is 0 Å². The Kier molecular flexibility index (Phi) is 6.38. The van der Waals surface area contributed by atoms with Crippen LogP contribution in [0.5, 0.6) is 0 Å². The van der Waals surface area contributed by atoms with E-state index in [0.29, 0.717) is 38.3 Å². The van der Waals surface area contributed by atoms with Crippen LogP contribution >= 0.6 is 11.6 Å². The minimum atomic E-state index is -1.16. The molecular weight excluding hydrogens is 407 g/mol. The summed E-state index contributed by atoms with van der Waals surface area (Å²) in [4.78, 5) is 29.5. The van der Waals surface area contributed by atoms with Crippen molar-refractivity contribution < 1.29 is 19.1 Å². The Balaban J connectivity index is 1.30. The molecule has 1 aliphatic heterocycles. The van der Waals surface area contributed by atoms with Gasteiger partial charge in [-0.1, -0.05) is 0 Å². The number of aliphatic hydroxyl groups is 1. The second-order valence-electron chi connectivity index (χ2n) is 10.4. The summed E-state index contributed by atoms with van der Waals surface area (Å²) in [5.74, 6) is 0.504. The molecule has 5 atom stereocenters. The minimum Gasteiger partial charge on any atom is -0.380 e. The van der Waals surface area contributed by atoms with Crippen molar-refractivity contribution in [1.29, 1.82) is 0 Å². The van der Waals surface area contributed by atoms with Gasteiger partial charge in [-0.05, 0) is 83.5 Å². The summed E-state index contributed by atoms with van der Waals surface area (Å²) in [6.45, 7) is 4.98. The number of piperazine rings is 1. The maximum Gasteiger partial charge on any atom is 0.255 e. The molecule has 0 aromatic carbocycles. The van der Waals surface area contributed by atoms with Crippen molar-refractivity contribution in [1.82, 2.24) is 9.80 Å². The Morgan fingerprint density at radius 3 is 2.13 bits per heavy atom. The second kappa shape index (κ2) is 8.57. The molecule has 3 aliphatic carbocycles. The molecule has 5 unspecified atom stereocenters. The quantitative estimate of drug-likeness (QED) is 0.680. The number of amides is 2. The van der Waals surface area contributed by atoms with Crippen molar-refractivity contribution >= 4 is 23.4 Å². The Labute approximate surface area is 184 Å². The monoisotopic (exact) mass is 442 g/mol. The van der Waals surface area contributed by atoms with Gasteiger partial charge in [-0.25, -0.2) is 4.39 Å². The van der Waals surface area contributed by atoms with E-state index in [9.17, 15) is 19.1 Å². The third-order valence-electron chi connectivity index (χ3n) is 8.07. The topological polar surface area (TPSA) is 60.9 Å². The van der Waals surface area contributed by atoms with E-state index in [1.165, 1.54) is 0 Å². The van der Waals surface area contributed by atoms with Crippen LogP contribution in [0.25, 0.3) is 0 Å². The van der Waals surface area contributed by atoms with Gasteiger partial charge in [0.25, 0.3) is 5.91 Å². The lowest BCUT2D eigenvalue weighted by Gasteiger charge is -2.46. The zero-order valence-corrected chi connectivity index (χ0v) is 19.0. The number of carbonyl (C=O) groups is 2. The molecule has 4 fully saturated rings. The largest absolute Gasteiger partial charge is 0.380 e. The van der Waals surface area contributed by atoms with Gasteiger partial charge in [0.1, 0.15) is 11.8 Å². The van der Waals surface area contributed by atoms with Crippen LogP contribution in [0.1, 0.15) is 71.6 Å². The number of halogens is 2. The first-order valence-electron chi connectivity index (χ1n) is 11.8. The molecule has 7 heteroatoms. The van der Waals surface area contributed by atoms with Crippen molar-refractivity contribution in [3.05, 3.63) is 0 Å². The molecule has 2 amide bonds. The highest BCUT2D eigenvalue weighted by atomic mass is 35.5. The molecule has 3 saturated carbocycles. The predicted octanol–water partition coefficient (Wildman–Crippen LogP) is 3.51. The van der Waals surface area contributed by atoms with Crippen molar-refractivity contribution in [3.8, 4) is 0 Å². The molecule has 170 valence electrons. The third-order valence-corrected chi connectivity index (χ3v) is 8.47. The van der Waals surface area contributed by atoms with Crippen LogP contribution < -0.4 is 0 Å². The van der Waals surface area contributed by atoms with Crippen LogP contribution in [-0.2, 0) is 9.59 Å². The molecule has 0 radical (unpaired) electrons. The van der Waals surface area contributed by atoms with Crippen LogP contribution in [0.4, 0.5) is 4.39 Å². The molecule has 0 spiro atoms. The molecule has 0 aromatic rings. The molecule has 5 nitrogen and oxygen atoms in total. The highest BCUT2D eigenvalue weighted by molar-refractivity contribution is 6.20. The van der Waals surface area contributed by atoms with Crippen LogP contribution in [0.15, 0.2) is 0 Å². The standard InChI is InChI=1S/C23H36ClFN2O3/c1-14-12-26(13-15(2)27(14)22(29)23(30)9-10-23)21(28)17-5-3-16(4-6-17)19-8-7-18(24)11-20(19)25/h14-20,30H,3-13H2,1-2H3. The maximum absolute atomic E-state index is 14.5. The van der Waals surface area contributed by atoms with E-state index in [0.717, 1.165) is 38.5 Å². The van der Waals surface area contributed by atoms with Crippen LogP contribution in [0, 0.1) is 17.8 Å². The molecule has 4 rings (SSSR count). The maximum atomic E-state index is 14.5. The van der Waals surface area contributed by atoms with Gasteiger partial charge in [-0.15, -0.1) is 11.6 Å². The Morgan fingerprint density at radius 1 is 1.00 bits per heavy atom. The van der Waals surface area contributed by atoms with Crippen LogP contribution in [-0.4, -0.2) is 69.0 Å². The molecule has 0 bridgehead atoms. The first-order chi connectivity index (χ1) is 14.2. The van der Waals surface area contributed by atoms with Gasteiger partial charge in [0, 0.05) is 36.5 Å². The highest BCUT2D eigenvalue weighted by Crippen LogP contribution is 2.43. The lowest BCUT2D eigenvalue weighted by Crippen LogP contribution is -2.62. The molecule has 1 heterocycles. The lowest BCUT2D eigenvalue weighted by molar-refractivity contribution is -0.156. The van der Waals surface area contributed by atoms with Gasteiger partial charge in [0.05, 0.1) is 0 Å². The summed E-state index contributed by atoms with van der Waals surface area (Å²) < 4.78 is 14.5.